The predicted octanol–water partition coefficient (Wildman–Crippen LogP) is 3.73. The number of pyridine rings is 1. The van der Waals surface area contributed by atoms with E-state index in [-0.39, 0.29) is 6.42 Å². The molecule has 3 rings (SSSR count). The predicted molar refractivity (Wildman–Crippen MR) is 92.5 cm³/mol. The van der Waals surface area contributed by atoms with Crippen molar-refractivity contribution in [2.75, 3.05) is 6.61 Å². The minimum absolute atomic E-state index is 0.0752. The monoisotopic (exact) mass is 324 g/mol. The molecule has 1 aromatic carbocycles. The number of aryl methyl sites for hydroxylation is 2. The van der Waals surface area contributed by atoms with Crippen LogP contribution in [0, 0.1) is 6.92 Å². The first kappa shape index (κ1) is 16.1. The van der Waals surface area contributed by atoms with E-state index in [9.17, 15) is 4.79 Å². The van der Waals surface area contributed by atoms with E-state index < -0.39 is 5.97 Å². The van der Waals surface area contributed by atoms with Crippen LogP contribution in [0.3, 0.4) is 0 Å². The second kappa shape index (κ2) is 6.74. The van der Waals surface area contributed by atoms with Crippen LogP contribution < -0.4 is 4.74 Å². The summed E-state index contributed by atoms with van der Waals surface area (Å²) in [6.07, 6.45) is 2.51. The van der Waals surface area contributed by atoms with E-state index in [1.54, 1.807) is 0 Å². The molecule has 0 bridgehead atoms. The van der Waals surface area contributed by atoms with Crippen LogP contribution in [-0.2, 0) is 11.2 Å². The second-order valence-corrected chi connectivity index (χ2v) is 5.69. The molecule has 2 aromatic heterocycles. The van der Waals surface area contributed by atoms with E-state index >= 15 is 0 Å². The Hall–Kier alpha value is -2.82. The molecule has 0 saturated carbocycles. The van der Waals surface area contributed by atoms with Crippen molar-refractivity contribution in [1.82, 2.24) is 9.38 Å². The van der Waals surface area contributed by atoms with Crippen LogP contribution in [0.15, 0.2) is 42.6 Å². The van der Waals surface area contributed by atoms with Gasteiger partial charge < -0.3 is 14.2 Å². The molecule has 0 spiro atoms. The lowest BCUT2D eigenvalue weighted by Gasteiger charge is -2.06. The van der Waals surface area contributed by atoms with Gasteiger partial charge in [-0.25, -0.2) is 4.98 Å². The Morgan fingerprint density at radius 1 is 1.21 bits per heavy atom. The van der Waals surface area contributed by atoms with E-state index in [4.69, 9.17) is 14.8 Å². The van der Waals surface area contributed by atoms with Gasteiger partial charge in [0.2, 0.25) is 0 Å². The zero-order chi connectivity index (χ0) is 17.1. The number of imidazole rings is 1. The Kier molecular flexibility index (Phi) is 4.51. The number of carbonyl (C=O) groups is 1. The van der Waals surface area contributed by atoms with Gasteiger partial charge in [-0.15, -0.1) is 0 Å². The van der Waals surface area contributed by atoms with Gasteiger partial charge in [0.1, 0.15) is 11.4 Å². The highest BCUT2D eigenvalue weighted by Crippen LogP contribution is 2.27. The van der Waals surface area contributed by atoms with Gasteiger partial charge in [0, 0.05) is 18.2 Å². The fourth-order valence-electron chi connectivity index (χ4n) is 2.77. The van der Waals surface area contributed by atoms with Crippen molar-refractivity contribution in [3.63, 3.8) is 0 Å². The van der Waals surface area contributed by atoms with Crippen LogP contribution in [0.1, 0.15) is 24.6 Å². The lowest BCUT2D eigenvalue weighted by Crippen LogP contribution is -2.02. The van der Waals surface area contributed by atoms with E-state index in [1.165, 1.54) is 0 Å². The molecular weight excluding hydrogens is 304 g/mol. The molecule has 0 aliphatic rings. The van der Waals surface area contributed by atoms with Gasteiger partial charge in [0.25, 0.3) is 0 Å². The minimum atomic E-state index is -0.810. The van der Waals surface area contributed by atoms with Gasteiger partial charge in [-0.1, -0.05) is 6.07 Å². The van der Waals surface area contributed by atoms with Crippen molar-refractivity contribution in [3.8, 4) is 17.0 Å². The number of carboxylic acid groups (broad SMARTS) is 1. The van der Waals surface area contributed by atoms with Crippen LogP contribution in [0.5, 0.6) is 5.75 Å². The summed E-state index contributed by atoms with van der Waals surface area (Å²) in [5.41, 5.74) is 4.63. The summed E-state index contributed by atoms with van der Waals surface area (Å²) in [4.78, 5) is 15.7. The Morgan fingerprint density at radius 2 is 1.96 bits per heavy atom. The van der Waals surface area contributed by atoms with E-state index in [1.807, 2.05) is 60.8 Å². The van der Waals surface area contributed by atoms with Crippen LogP contribution >= 0.6 is 0 Å². The number of rotatable bonds is 6. The fraction of sp³-hybridized carbons (Fsp3) is 0.263. The third-order valence-electron chi connectivity index (χ3n) is 3.88. The van der Waals surface area contributed by atoms with Crippen molar-refractivity contribution >= 4 is 11.6 Å². The first-order valence-corrected chi connectivity index (χ1v) is 8.01. The molecule has 24 heavy (non-hydrogen) atoms. The fourth-order valence-corrected chi connectivity index (χ4v) is 2.77. The Balaban J connectivity index is 2.07. The molecule has 0 fully saturated rings. The third-order valence-corrected chi connectivity index (χ3v) is 3.88. The molecule has 5 heteroatoms. The number of fused-ring (bicyclic) bond motifs is 1. The van der Waals surface area contributed by atoms with Gasteiger partial charge >= 0.3 is 5.97 Å². The van der Waals surface area contributed by atoms with Gasteiger partial charge in [-0.3, -0.25) is 4.79 Å². The van der Waals surface area contributed by atoms with Gasteiger partial charge in [0.15, 0.2) is 0 Å². The first-order chi connectivity index (χ1) is 11.6. The number of aliphatic carboxylic acids is 1. The maximum atomic E-state index is 11.0. The zero-order valence-corrected chi connectivity index (χ0v) is 13.8. The molecule has 0 radical (unpaired) electrons. The summed E-state index contributed by atoms with van der Waals surface area (Å²) in [5.74, 6) is 0.00295. The molecule has 0 saturated heterocycles. The Bertz CT molecular complexity index is 866. The lowest BCUT2D eigenvalue weighted by atomic mass is 10.1. The number of benzene rings is 1. The van der Waals surface area contributed by atoms with E-state index in [2.05, 4.69) is 0 Å². The SMILES string of the molecule is CCOc1ccc(-c2nc3ccc(C)cn3c2CCC(=O)O)cc1. The Morgan fingerprint density at radius 3 is 2.62 bits per heavy atom. The van der Waals surface area contributed by atoms with Crippen LogP contribution in [-0.4, -0.2) is 27.1 Å². The van der Waals surface area contributed by atoms with Crippen molar-refractivity contribution in [1.29, 1.82) is 0 Å². The summed E-state index contributed by atoms with van der Waals surface area (Å²) in [6, 6.07) is 11.7. The summed E-state index contributed by atoms with van der Waals surface area (Å²) < 4.78 is 7.47. The molecule has 5 nitrogen and oxygen atoms in total. The largest absolute Gasteiger partial charge is 0.494 e. The summed E-state index contributed by atoms with van der Waals surface area (Å²) in [5, 5.41) is 9.05. The number of nitrogens with zero attached hydrogens (tertiary/aromatic N) is 2. The lowest BCUT2D eigenvalue weighted by molar-refractivity contribution is -0.136. The van der Waals surface area contributed by atoms with E-state index in [0.717, 1.165) is 33.9 Å². The highest BCUT2D eigenvalue weighted by Gasteiger charge is 2.15. The van der Waals surface area contributed by atoms with Crippen LogP contribution in [0.25, 0.3) is 16.9 Å². The van der Waals surface area contributed by atoms with E-state index in [0.29, 0.717) is 13.0 Å². The molecule has 0 amide bonds. The van der Waals surface area contributed by atoms with Gasteiger partial charge in [0.05, 0.1) is 24.4 Å². The van der Waals surface area contributed by atoms with Crippen LogP contribution in [0.2, 0.25) is 0 Å². The number of aromatic nitrogens is 2. The standard InChI is InChI=1S/C19H20N2O3/c1-3-24-15-7-5-14(6-8-15)19-16(9-11-18(22)23)21-12-13(2)4-10-17(21)20-19/h4-8,10,12H,3,9,11H2,1-2H3,(H,22,23). The van der Waals surface area contributed by atoms with Crippen LogP contribution in [0.4, 0.5) is 0 Å². The molecule has 0 aliphatic carbocycles. The Labute approximate surface area is 140 Å². The molecule has 0 atom stereocenters. The van der Waals surface area contributed by atoms with Gasteiger partial charge in [-0.2, -0.15) is 0 Å². The smallest absolute Gasteiger partial charge is 0.303 e. The third kappa shape index (κ3) is 3.25. The summed E-state index contributed by atoms with van der Waals surface area (Å²) in [7, 11) is 0. The minimum Gasteiger partial charge on any atom is -0.494 e. The average molecular weight is 324 g/mol. The summed E-state index contributed by atoms with van der Waals surface area (Å²) in [6.45, 7) is 4.58. The topological polar surface area (TPSA) is 63.8 Å². The molecule has 1 N–H and O–H groups in total. The van der Waals surface area contributed by atoms with Crippen molar-refractivity contribution in [2.45, 2.75) is 26.7 Å². The van der Waals surface area contributed by atoms with Gasteiger partial charge in [-0.05, 0) is 49.7 Å². The quantitative estimate of drug-likeness (QED) is 0.750. The number of ether oxygens (including phenoxy) is 1. The molecule has 0 aliphatic heterocycles. The average Bonchev–Trinajstić information content (AvgIpc) is 2.91. The highest BCUT2D eigenvalue weighted by molar-refractivity contribution is 5.70. The molecule has 0 unspecified atom stereocenters. The number of hydrogen-bond acceptors (Lipinski definition) is 3. The second-order valence-electron chi connectivity index (χ2n) is 5.69. The van der Waals surface area contributed by atoms with Crippen molar-refractivity contribution in [3.05, 3.63) is 53.9 Å². The molecular formula is C19H20N2O3. The molecule has 2 heterocycles. The normalized spacial score (nSPS) is 10.9. The molecule has 3 aromatic rings. The highest BCUT2D eigenvalue weighted by atomic mass is 16.5. The maximum Gasteiger partial charge on any atom is 0.303 e. The summed E-state index contributed by atoms with van der Waals surface area (Å²) >= 11 is 0. The maximum absolute atomic E-state index is 11.0. The zero-order valence-electron chi connectivity index (χ0n) is 13.8. The number of hydrogen-bond donors (Lipinski definition) is 1. The number of carboxylic acids is 1. The van der Waals surface area contributed by atoms with Crippen molar-refractivity contribution in [2.24, 2.45) is 0 Å². The first-order valence-electron chi connectivity index (χ1n) is 8.01. The van der Waals surface area contributed by atoms with Crippen molar-refractivity contribution < 1.29 is 14.6 Å². The molecule has 124 valence electrons.